The van der Waals surface area contributed by atoms with Gasteiger partial charge in [0, 0.05) is 28.0 Å². The fraction of sp³-hybridized carbons (Fsp3) is 0.306. The predicted octanol–water partition coefficient (Wildman–Crippen LogP) is 4.01. The standard InChI is InChI=1S/C36H41N5O5S/c1-36(2,3)41-33(44)25-14-8-10-16-31(25)47-22-30(42)29(21-23-11-5-4-6-12-23)40-35(46)28(19-20-32(37)43)39-34(45)27-18-17-24-13-7-9-15-26(24)38-27/h4-18,28-30,42H,19-22H2,1-3H3,(H2,37,43)(H,39,45)(H,40,46)(H,41,44)/t28-,29-,30-/m0/s1. The molecular weight excluding hydrogens is 614 g/mol. The number of aliphatic hydroxyl groups is 1. The molecule has 4 rings (SSSR count). The molecule has 3 atom stereocenters. The number of aliphatic hydroxyl groups excluding tert-OH is 1. The van der Waals surface area contributed by atoms with E-state index in [1.54, 1.807) is 30.3 Å². The lowest BCUT2D eigenvalue weighted by Crippen LogP contribution is -2.54. The zero-order valence-electron chi connectivity index (χ0n) is 26.7. The van der Waals surface area contributed by atoms with E-state index in [9.17, 15) is 24.3 Å². The van der Waals surface area contributed by atoms with E-state index in [1.165, 1.54) is 11.8 Å². The highest BCUT2D eigenvalue weighted by atomic mass is 32.2. The van der Waals surface area contributed by atoms with Crippen LogP contribution >= 0.6 is 11.8 Å². The number of carbonyl (C=O) groups is 4. The van der Waals surface area contributed by atoms with E-state index in [0.717, 1.165) is 10.9 Å². The quantitative estimate of drug-likeness (QED) is 0.128. The van der Waals surface area contributed by atoms with Gasteiger partial charge in [-0.25, -0.2) is 4.98 Å². The van der Waals surface area contributed by atoms with Crippen LogP contribution in [0.25, 0.3) is 10.9 Å². The summed E-state index contributed by atoms with van der Waals surface area (Å²) in [5.41, 5.74) is 7.07. The summed E-state index contributed by atoms with van der Waals surface area (Å²) in [5, 5.41) is 20.9. The zero-order valence-corrected chi connectivity index (χ0v) is 27.6. The van der Waals surface area contributed by atoms with Crippen LogP contribution in [0.3, 0.4) is 0 Å². The molecule has 4 amide bonds. The molecule has 0 bridgehead atoms. The average molecular weight is 656 g/mol. The number of pyridine rings is 1. The molecule has 0 spiro atoms. The Bertz CT molecular complexity index is 1710. The van der Waals surface area contributed by atoms with Crippen LogP contribution in [0.4, 0.5) is 0 Å². The first kappa shape index (κ1) is 35.1. The molecule has 11 heteroatoms. The summed E-state index contributed by atoms with van der Waals surface area (Å²) in [6, 6.07) is 25.3. The summed E-state index contributed by atoms with van der Waals surface area (Å²) in [7, 11) is 0. The summed E-state index contributed by atoms with van der Waals surface area (Å²) in [6.45, 7) is 5.70. The van der Waals surface area contributed by atoms with Gasteiger partial charge in [0.2, 0.25) is 11.8 Å². The van der Waals surface area contributed by atoms with E-state index >= 15 is 0 Å². The first-order chi connectivity index (χ1) is 22.4. The van der Waals surface area contributed by atoms with E-state index in [-0.39, 0.29) is 30.2 Å². The van der Waals surface area contributed by atoms with Crippen LogP contribution in [-0.2, 0) is 16.0 Å². The molecule has 3 aromatic carbocycles. The first-order valence-electron chi connectivity index (χ1n) is 15.4. The Balaban J connectivity index is 1.52. The van der Waals surface area contributed by atoms with Crippen molar-refractivity contribution in [1.82, 2.24) is 20.9 Å². The van der Waals surface area contributed by atoms with Crippen molar-refractivity contribution in [2.75, 3.05) is 5.75 Å². The number of nitrogens with zero attached hydrogens (tertiary/aromatic N) is 1. The van der Waals surface area contributed by atoms with Crippen LogP contribution in [0, 0.1) is 0 Å². The number of carbonyl (C=O) groups excluding carboxylic acids is 4. The lowest BCUT2D eigenvalue weighted by atomic mass is 10.0. The Morgan fingerprint density at radius 1 is 0.851 bits per heavy atom. The molecule has 47 heavy (non-hydrogen) atoms. The van der Waals surface area contributed by atoms with Crippen LogP contribution < -0.4 is 21.7 Å². The number of para-hydroxylation sites is 1. The SMILES string of the molecule is CC(C)(C)NC(=O)c1ccccc1SC[C@H](O)[C@H](Cc1ccccc1)NC(=O)[C@H](CCC(N)=O)NC(=O)c1ccc2ccccc2n1. The largest absolute Gasteiger partial charge is 0.390 e. The average Bonchev–Trinajstić information content (AvgIpc) is 3.04. The number of aromatic nitrogens is 1. The highest BCUT2D eigenvalue weighted by molar-refractivity contribution is 7.99. The van der Waals surface area contributed by atoms with Crippen LogP contribution in [0.15, 0.2) is 95.9 Å². The minimum atomic E-state index is -1.12. The molecule has 0 saturated heterocycles. The number of thioether (sulfide) groups is 1. The van der Waals surface area contributed by atoms with Crippen molar-refractivity contribution in [1.29, 1.82) is 0 Å². The number of hydrogen-bond donors (Lipinski definition) is 5. The van der Waals surface area contributed by atoms with Crippen molar-refractivity contribution in [2.24, 2.45) is 5.73 Å². The van der Waals surface area contributed by atoms with Crippen LogP contribution in [0.1, 0.15) is 60.0 Å². The van der Waals surface area contributed by atoms with Gasteiger partial charge in [0.05, 0.1) is 23.2 Å². The highest BCUT2D eigenvalue weighted by Crippen LogP contribution is 2.25. The maximum atomic E-state index is 13.7. The molecule has 1 aromatic heterocycles. The van der Waals surface area contributed by atoms with Gasteiger partial charge in [0.1, 0.15) is 11.7 Å². The monoisotopic (exact) mass is 655 g/mol. The van der Waals surface area contributed by atoms with E-state index in [0.29, 0.717) is 22.4 Å². The smallest absolute Gasteiger partial charge is 0.270 e. The van der Waals surface area contributed by atoms with Crippen LogP contribution in [0.2, 0.25) is 0 Å². The maximum absolute atomic E-state index is 13.7. The van der Waals surface area contributed by atoms with E-state index < -0.39 is 41.4 Å². The molecule has 0 aliphatic carbocycles. The van der Waals surface area contributed by atoms with Crippen molar-refractivity contribution >= 4 is 46.3 Å². The number of amides is 4. The Kier molecular flexibility index (Phi) is 12.1. The van der Waals surface area contributed by atoms with E-state index in [2.05, 4.69) is 20.9 Å². The predicted molar refractivity (Wildman–Crippen MR) is 184 cm³/mol. The van der Waals surface area contributed by atoms with E-state index in [4.69, 9.17) is 5.73 Å². The summed E-state index contributed by atoms with van der Waals surface area (Å²) in [6.07, 6.45) is -0.931. The molecule has 0 unspecified atom stereocenters. The lowest BCUT2D eigenvalue weighted by molar-refractivity contribution is -0.125. The fourth-order valence-corrected chi connectivity index (χ4v) is 5.97. The second kappa shape index (κ2) is 16.2. The Labute approximate surface area is 278 Å². The van der Waals surface area contributed by atoms with Crippen molar-refractivity contribution < 1.29 is 24.3 Å². The number of hydrogen-bond acceptors (Lipinski definition) is 7. The molecule has 10 nitrogen and oxygen atoms in total. The van der Waals surface area contributed by atoms with Gasteiger partial charge in [0.25, 0.3) is 11.8 Å². The topological polar surface area (TPSA) is 164 Å². The molecule has 0 radical (unpaired) electrons. The van der Waals surface area contributed by atoms with Crippen LogP contribution in [-0.4, -0.2) is 63.2 Å². The second-order valence-corrected chi connectivity index (χ2v) is 13.4. The minimum Gasteiger partial charge on any atom is -0.390 e. The molecule has 0 aliphatic rings. The van der Waals surface area contributed by atoms with Crippen molar-refractivity contribution in [3.05, 3.63) is 108 Å². The first-order valence-corrected chi connectivity index (χ1v) is 16.4. The van der Waals surface area contributed by atoms with E-state index in [1.807, 2.05) is 81.4 Å². The normalized spacial score (nSPS) is 13.3. The second-order valence-electron chi connectivity index (χ2n) is 12.3. The zero-order chi connectivity index (χ0) is 34.0. The molecular formula is C36H41N5O5S. The molecule has 0 saturated carbocycles. The lowest BCUT2D eigenvalue weighted by Gasteiger charge is -2.27. The number of primary amides is 1. The summed E-state index contributed by atoms with van der Waals surface area (Å²) in [5.74, 6) is -1.83. The molecule has 0 fully saturated rings. The third kappa shape index (κ3) is 10.7. The summed E-state index contributed by atoms with van der Waals surface area (Å²) < 4.78 is 0. The highest BCUT2D eigenvalue weighted by Gasteiger charge is 2.29. The number of fused-ring (bicyclic) bond motifs is 1. The van der Waals surface area contributed by atoms with Crippen molar-refractivity contribution in [3.63, 3.8) is 0 Å². The van der Waals surface area contributed by atoms with Crippen molar-refractivity contribution in [3.8, 4) is 0 Å². The summed E-state index contributed by atoms with van der Waals surface area (Å²) >= 11 is 1.31. The Morgan fingerprint density at radius 2 is 1.53 bits per heavy atom. The van der Waals surface area contributed by atoms with Gasteiger partial charge < -0.3 is 26.8 Å². The van der Waals surface area contributed by atoms with Gasteiger partial charge in [-0.05, 0) is 63.4 Å². The molecule has 1 heterocycles. The molecule has 0 aliphatic heterocycles. The minimum absolute atomic E-state index is 0.0420. The van der Waals surface area contributed by atoms with Gasteiger partial charge in [-0.15, -0.1) is 11.8 Å². The number of nitrogens with two attached hydrogens (primary N) is 1. The van der Waals surface area contributed by atoms with Gasteiger partial charge >= 0.3 is 0 Å². The number of nitrogens with one attached hydrogen (secondary N) is 3. The Hall–Kier alpha value is -4.74. The maximum Gasteiger partial charge on any atom is 0.270 e. The molecule has 246 valence electrons. The van der Waals surface area contributed by atoms with Gasteiger partial charge in [-0.1, -0.05) is 66.7 Å². The third-order valence-corrected chi connectivity index (χ3v) is 8.43. The Morgan fingerprint density at radius 3 is 2.26 bits per heavy atom. The third-order valence-electron chi connectivity index (χ3n) is 7.25. The molecule has 4 aromatic rings. The van der Waals surface area contributed by atoms with Crippen LogP contribution in [0.5, 0.6) is 0 Å². The number of rotatable bonds is 14. The van der Waals surface area contributed by atoms with Crippen molar-refractivity contribution in [2.45, 2.75) is 68.7 Å². The van der Waals surface area contributed by atoms with Gasteiger partial charge in [-0.3, -0.25) is 19.2 Å². The number of benzene rings is 3. The molecule has 6 N–H and O–H groups in total. The summed E-state index contributed by atoms with van der Waals surface area (Å²) in [4.78, 5) is 56.7. The fourth-order valence-electron chi connectivity index (χ4n) is 4.89. The van der Waals surface area contributed by atoms with Gasteiger partial charge in [-0.2, -0.15) is 0 Å². The van der Waals surface area contributed by atoms with Gasteiger partial charge in [0.15, 0.2) is 0 Å².